The van der Waals surface area contributed by atoms with Crippen LogP contribution >= 0.6 is 0 Å². The minimum Gasteiger partial charge on any atom is -0.396 e. The molecule has 0 saturated carbocycles. The predicted molar refractivity (Wildman–Crippen MR) is 94.4 cm³/mol. The number of hydrogen-bond donors (Lipinski definition) is 1. The summed E-state index contributed by atoms with van der Waals surface area (Å²) in [6, 6.07) is 14.8. The van der Waals surface area contributed by atoms with E-state index in [0.717, 1.165) is 5.56 Å². The Kier molecular flexibility index (Phi) is 8.58. The highest BCUT2D eigenvalue weighted by atomic mass is 16.5. The monoisotopic (exact) mass is 312 g/mol. The predicted octanol–water partition coefficient (Wildman–Crippen LogP) is 3.71. The molecule has 1 N–H and O–H groups in total. The van der Waals surface area contributed by atoms with E-state index in [-0.39, 0.29) is 6.61 Å². The fourth-order valence-corrected chi connectivity index (χ4v) is 2.15. The number of carbonyl (C=O) groups excluding carboxylic acids is 1. The number of carbonyl (C=O) groups is 1. The average Bonchev–Trinajstić information content (AvgIpc) is 2.58. The second-order valence-electron chi connectivity index (χ2n) is 5.12. The van der Waals surface area contributed by atoms with Crippen molar-refractivity contribution in [1.82, 2.24) is 0 Å². The van der Waals surface area contributed by atoms with Crippen LogP contribution in [0.1, 0.15) is 16.7 Å². The Labute approximate surface area is 138 Å². The molecule has 122 valence electrons. The Balaban J connectivity index is 0.000000593. The lowest BCUT2D eigenvalue weighted by atomic mass is 9.99. The molecule has 2 aromatic rings. The van der Waals surface area contributed by atoms with E-state index in [1.807, 2.05) is 0 Å². The van der Waals surface area contributed by atoms with E-state index >= 15 is 0 Å². The van der Waals surface area contributed by atoms with Crippen molar-refractivity contribution in [3.63, 3.8) is 0 Å². The van der Waals surface area contributed by atoms with Gasteiger partial charge in [-0.15, -0.1) is 0 Å². The van der Waals surface area contributed by atoms with Crippen LogP contribution in [0.25, 0.3) is 11.1 Å². The lowest BCUT2D eigenvalue weighted by Crippen LogP contribution is -1.93. The van der Waals surface area contributed by atoms with E-state index < -0.39 is 0 Å². The first-order chi connectivity index (χ1) is 11.2. The topological polar surface area (TPSA) is 46.5 Å². The maximum absolute atomic E-state index is 9.06. The van der Waals surface area contributed by atoms with Crippen molar-refractivity contribution in [2.75, 3.05) is 13.7 Å². The Morgan fingerprint density at radius 3 is 2.26 bits per heavy atom. The molecule has 0 amide bonds. The fourth-order valence-electron chi connectivity index (χ4n) is 2.15. The minimum absolute atomic E-state index is 0.196. The second kappa shape index (κ2) is 10.5. The van der Waals surface area contributed by atoms with Gasteiger partial charge in [-0.2, -0.15) is 0 Å². The Morgan fingerprint density at radius 1 is 1.13 bits per heavy atom. The zero-order valence-corrected chi connectivity index (χ0v) is 13.8. The molecule has 0 aliphatic heterocycles. The smallest absolute Gasteiger partial charge is 0.142 e. The molecule has 0 fully saturated rings. The van der Waals surface area contributed by atoms with Crippen LogP contribution in [-0.4, -0.2) is 25.1 Å². The third-order valence-electron chi connectivity index (χ3n) is 3.43. The highest BCUT2D eigenvalue weighted by Gasteiger charge is 2.03. The number of hydrogen-bond acceptors (Lipinski definition) is 3. The van der Waals surface area contributed by atoms with E-state index in [2.05, 4.69) is 56.0 Å². The zero-order valence-electron chi connectivity index (χ0n) is 13.8. The van der Waals surface area contributed by atoms with Gasteiger partial charge in [-0.3, -0.25) is 4.79 Å². The summed E-state index contributed by atoms with van der Waals surface area (Å²) in [5.41, 5.74) is 6.03. The summed E-state index contributed by atoms with van der Waals surface area (Å²) in [5.74, 6) is 0. The molecule has 3 heteroatoms. The zero-order chi connectivity index (χ0) is 17.1. The number of aldehydes is 1. The molecule has 0 aliphatic rings. The van der Waals surface area contributed by atoms with Gasteiger partial charge in [0.2, 0.25) is 0 Å². The lowest BCUT2D eigenvalue weighted by Gasteiger charge is -2.09. The van der Waals surface area contributed by atoms with Crippen LogP contribution in [0.15, 0.2) is 55.1 Å². The van der Waals surface area contributed by atoms with Gasteiger partial charge in [0, 0.05) is 13.7 Å². The van der Waals surface area contributed by atoms with E-state index in [4.69, 9.17) is 14.6 Å². The first kappa shape index (κ1) is 18.8. The largest absolute Gasteiger partial charge is 0.396 e. The number of aryl methyl sites for hydroxylation is 1. The molecule has 0 bridgehead atoms. The molecule has 2 rings (SSSR count). The molecular weight excluding hydrogens is 288 g/mol. The van der Waals surface area contributed by atoms with Crippen molar-refractivity contribution >= 4 is 6.29 Å². The first-order valence-electron chi connectivity index (χ1n) is 7.51. The standard InChI is InChI=1S/C17H20O2.C3H4O/c1-13-3-6-16(11-17(13)12-19-2)15-7-4-14(5-8-15)9-10-18;1-2-3-4/h3-8,11,18H,9-10,12H2,1-2H3;2-3H,1H2. The molecule has 0 saturated heterocycles. The third kappa shape index (κ3) is 6.19. The van der Waals surface area contributed by atoms with Gasteiger partial charge in [0.25, 0.3) is 0 Å². The second-order valence-corrected chi connectivity index (χ2v) is 5.12. The molecule has 0 aromatic heterocycles. The van der Waals surface area contributed by atoms with Gasteiger partial charge in [0.05, 0.1) is 6.61 Å². The molecule has 0 spiro atoms. The number of rotatable bonds is 6. The number of benzene rings is 2. The van der Waals surface area contributed by atoms with Crippen molar-refractivity contribution in [3.05, 3.63) is 71.8 Å². The summed E-state index contributed by atoms with van der Waals surface area (Å²) < 4.78 is 5.22. The highest BCUT2D eigenvalue weighted by Crippen LogP contribution is 2.23. The van der Waals surface area contributed by atoms with Crippen molar-refractivity contribution in [2.24, 2.45) is 0 Å². The van der Waals surface area contributed by atoms with Crippen LogP contribution in [0, 0.1) is 6.92 Å². The number of aliphatic hydroxyl groups excluding tert-OH is 1. The van der Waals surface area contributed by atoms with Crippen LogP contribution in [0.3, 0.4) is 0 Å². The average molecular weight is 312 g/mol. The Morgan fingerprint density at radius 2 is 1.74 bits per heavy atom. The van der Waals surface area contributed by atoms with Gasteiger partial charge >= 0.3 is 0 Å². The highest BCUT2D eigenvalue weighted by molar-refractivity contribution is 5.65. The minimum atomic E-state index is 0.196. The van der Waals surface area contributed by atoms with Crippen LogP contribution in [-0.2, 0) is 22.6 Å². The maximum Gasteiger partial charge on any atom is 0.142 e. The molecule has 0 aliphatic carbocycles. The van der Waals surface area contributed by atoms with Gasteiger partial charge in [0.15, 0.2) is 0 Å². The first-order valence-corrected chi connectivity index (χ1v) is 7.51. The third-order valence-corrected chi connectivity index (χ3v) is 3.43. The molecule has 2 aromatic carbocycles. The van der Waals surface area contributed by atoms with Crippen molar-refractivity contribution in [1.29, 1.82) is 0 Å². The summed E-state index contributed by atoms with van der Waals surface area (Å²) >= 11 is 0. The SMILES string of the molecule is C=CC=O.COCc1cc(-c2ccc(CCO)cc2)ccc1C. The molecule has 23 heavy (non-hydrogen) atoms. The Bertz CT molecular complexity index is 609. The van der Waals surface area contributed by atoms with Gasteiger partial charge in [-0.25, -0.2) is 0 Å². The summed E-state index contributed by atoms with van der Waals surface area (Å²) in [5, 5.41) is 8.92. The fraction of sp³-hybridized carbons (Fsp3) is 0.250. The number of aliphatic hydroxyl groups is 1. The molecule has 0 atom stereocenters. The van der Waals surface area contributed by atoms with Crippen LogP contribution in [0.4, 0.5) is 0 Å². The quantitative estimate of drug-likeness (QED) is 0.653. The van der Waals surface area contributed by atoms with Crippen LogP contribution in [0.2, 0.25) is 0 Å². The lowest BCUT2D eigenvalue weighted by molar-refractivity contribution is -0.104. The molecule has 3 nitrogen and oxygen atoms in total. The van der Waals surface area contributed by atoms with E-state index in [0.29, 0.717) is 19.3 Å². The maximum atomic E-state index is 9.06. The van der Waals surface area contributed by atoms with Crippen LogP contribution in [0.5, 0.6) is 0 Å². The van der Waals surface area contributed by atoms with Crippen LogP contribution < -0.4 is 0 Å². The molecule has 0 radical (unpaired) electrons. The van der Waals surface area contributed by atoms with Crippen molar-refractivity contribution in [2.45, 2.75) is 20.0 Å². The number of allylic oxidation sites excluding steroid dienone is 1. The normalized spacial score (nSPS) is 9.70. The summed E-state index contributed by atoms with van der Waals surface area (Å²) in [6.45, 7) is 6.05. The van der Waals surface area contributed by atoms with Crippen molar-refractivity contribution < 1.29 is 14.6 Å². The number of ether oxygens (including phenoxy) is 1. The van der Waals surface area contributed by atoms with Gasteiger partial charge in [-0.05, 0) is 53.3 Å². The van der Waals surface area contributed by atoms with E-state index in [9.17, 15) is 0 Å². The van der Waals surface area contributed by atoms with E-state index in [1.165, 1.54) is 28.3 Å². The summed E-state index contributed by atoms with van der Waals surface area (Å²) in [4.78, 5) is 9.06. The molecule has 0 heterocycles. The molecule has 0 unspecified atom stereocenters. The number of methoxy groups -OCH3 is 1. The van der Waals surface area contributed by atoms with E-state index in [1.54, 1.807) is 7.11 Å². The Hall–Kier alpha value is -2.23. The summed E-state index contributed by atoms with van der Waals surface area (Å²) in [7, 11) is 1.72. The van der Waals surface area contributed by atoms with Gasteiger partial charge in [0.1, 0.15) is 6.29 Å². The van der Waals surface area contributed by atoms with Crippen molar-refractivity contribution in [3.8, 4) is 11.1 Å². The summed E-state index contributed by atoms with van der Waals surface area (Å²) in [6.07, 6.45) is 2.54. The van der Waals surface area contributed by atoms with Gasteiger partial charge < -0.3 is 9.84 Å². The van der Waals surface area contributed by atoms with Gasteiger partial charge in [-0.1, -0.05) is 43.0 Å². The molecular formula is C20H24O3.